The van der Waals surface area contributed by atoms with Crippen LogP contribution < -0.4 is 0 Å². The number of carboxylic acids is 1. The summed E-state index contributed by atoms with van der Waals surface area (Å²) in [6, 6.07) is 8.60. The van der Waals surface area contributed by atoms with Gasteiger partial charge in [-0.05, 0) is 30.3 Å². The zero-order chi connectivity index (χ0) is 15.6. The van der Waals surface area contributed by atoms with Crippen LogP contribution in [0.2, 0.25) is 10.0 Å². The third-order valence-corrected chi connectivity index (χ3v) is 4.30. The number of nitrogens with zero attached hydrogens (tertiary/aromatic N) is 1. The lowest BCUT2D eigenvalue weighted by Crippen LogP contribution is -1.95. The lowest BCUT2D eigenvalue weighted by atomic mass is 10.2. The van der Waals surface area contributed by atoms with E-state index in [2.05, 4.69) is 0 Å². The molecule has 0 bridgehead atoms. The van der Waals surface area contributed by atoms with Gasteiger partial charge in [0.05, 0.1) is 25.4 Å². The quantitative estimate of drug-likeness (QED) is 0.639. The van der Waals surface area contributed by atoms with E-state index in [1.54, 1.807) is 12.1 Å². The molecule has 21 heavy (non-hydrogen) atoms. The molecule has 0 aliphatic carbocycles. The minimum absolute atomic E-state index is 0.106. The Balaban J connectivity index is 2.36. The average molecular weight is 344 g/mol. The van der Waals surface area contributed by atoms with Gasteiger partial charge in [-0.25, -0.2) is 4.79 Å². The Kier molecular flexibility index (Phi) is 4.72. The van der Waals surface area contributed by atoms with E-state index in [9.17, 15) is 14.9 Å². The highest BCUT2D eigenvalue weighted by atomic mass is 35.5. The van der Waals surface area contributed by atoms with Crippen LogP contribution in [0.5, 0.6) is 0 Å². The van der Waals surface area contributed by atoms with Gasteiger partial charge in [0.25, 0.3) is 5.69 Å². The predicted octanol–water partition coefficient (Wildman–Crippen LogP) is 4.75. The molecule has 0 unspecified atom stereocenters. The highest BCUT2D eigenvalue weighted by Crippen LogP contribution is 2.39. The van der Waals surface area contributed by atoms with Crippen LogP contribution in [0.1, 0.15) is 10.4 Å². The van der Waals surface area contributed by atoms with Crippen LogP contribution in [0, 0.1) is 10.1 Å². The highest BCUT2D eigenvalue weighted by molar-refractivity contribution is 7.99. The number of benzene rings is 2. The number of hydrogen-bond acceptors (Lipinski definition) is 4. The monoisotopic (exact) mass is 343 g/mol. The van der Waals surface area contributed by atoms with Crippen molar-refractivity contribution in [2.45, 2.75) is 9.79 Å². The van der Waals surface area contributed by atoms with Crippen molar-refractivity contribution in [1.82, 2.24) is 0 Å². The van der Waals surface area contributed by atoms with Crippen molar-refractivity contribution < 1.29 is 14.8 Å². The zero-order valence-corrected chi connectivity index (χ0v) is 12.6. The first-order valence-corrected chi connectivity index (χ1v) is 7.10. The van der Waals surface area contributed by atoms with Gasteiger partial charge in [-0.15, -0.1) is 0 Å². The van der Waals surface area contributed by atoms with E-state index < -0.39 is 10.9 Å². The first kappa shape index (κ1) is 15.6. The van der Waals surface area contributed by atoms with Crippen LogP contribution in [-0.4, -0.2) is 16.0 Å². The summed E-state index contributed by atoms with van der Waals surface area (Å²) in [5.74, 6) is -1.04. The van der Waals surface area contributed by atoms with E-state index in [0.29, 0.717) is 9.79 Å². The summed E-state index contributed by atoms with van der Waals surface area (Å²) >= 11 is 12.8. The number of aromatic carboxylic acids is 1. The molecule has 0 aliphatic heterocycles. The number of nitro benzene ring substituents is 1. The van der Waals surface area contributed by atoms with Crippen LogP contribution >= 0.6 is 35.0 Å². The van der Waals surface area contributed by atoms with Crippen molar-refractivity contribution in [1.29, 1.82) is 0 Å². The molecule has 0 atom stereocenters. The second-order valence-corrected chi connectivity index (χ2v) is 5.85. The molecule has 2 rings (SSSR count). The van der Waals surface area contributed by atoms with Gasteiger partial charge >= 0.3 is 5.97 Å². The SMILES string of the molecule is O=C(O)c1ccc(Sc2cc(Cl)c(Cl)cc2[N+](=O)[O-])cc1. The highest BCUT2D eigenvalue weighted by Gasteiger charge is 2.18. The number of carbonyl (C=O) groups is 1. The average Bonchev–Trinajstić information content (AvgIpc) is 2.43. The smallest absolute Gasteiger partial charge is 0.335 e. The van der Waals surface area contributed by atoms with Gasteiger partial charge in [-0.2, -0.15) is 0 Å². The van der Waals surface area contributed by atoms with Crippen molar-refractivity contribution in [3.05, 3.63) is 62.1 Å². The second kappa shape index (κ2) is 6.34. The largest absolute Gasteiger partial charge is 0.478 e. The maximum atomic E-state index is 11.0. The van der Waals surface area contributed by atoms with Gasteiger partial charge in [0.2, 0.25) is 0 Å². The van der Waals surface area contributed by atoms with Crippen LogP contribution in [0.3, 0.4) is 0 Å². The van der Waals surface area contributed by atoms with E-state index in [0.717, 1.165) is 11.8 Å². The fraction of sp³-hybridized carbons (Fsp3) is 0. The number of rotatable bonds is 4. The molecule has 0 radical (unpaired) electrons. The van der Waals surface area contributed by atoms with Gasteiger partial charge in [-0.3, -0.25) is 10.1 Å². The summed E-state index contributed by atoms with van der Waals surface area (Å²) in [6.45, 7) is 0. The molecule has 8 heteroatoms. The van der Waals surface area contributed by atoms with Crippen molar-refractivity contribution in [3.8, 4) is 0 Å². The van der Waals surface area contributed by atoms with Crippen LogP contribution in [-0.2, 0) is 0 Å². The Morgan fingerprint density at radius 1 is 1.14 bits per heavy atom. The predicted molar refractivity (Wildman–Crippen MR) is 80.6 cm³/mol. The number of halogens is 2. The molecule has 0 saturated heterocycles. The summed E-state index contributed by atoms with van der Waals surface area (Å²) in [5, 5.41) is 20.2. The summed E-state index contributed by atoms with van der Waals surface area (Å²) in [6.07, 6.45) is 0. The number of nitro groups is 1. The minimum atomic E-state index is -1.04. The molecule has 0 aromatic heterocycles. The Morgan fingerprint density at radius 2 is 1.71 bits per heavy atom. The summed E-state index contributed by atoms with van der Waals surface area (Å²) in [4.78, 5) is 22.2. The topological polar surface area (TPSA) is 80.4 Å². The maximum Gasteiger partial charge on any atom is 0.335 e. The maximum absolute atomic E-state index is 11.0. The van der Waals surface area contributed by atoms with Gasteiger partial charge in [0, 0.05) is 11.0 Å². The Bertz CT molecular complexity index is 719. The fourth-order valence-electron chi connectivity index (χ4n) is 1.54. The normalized spacial score (nSPS) is 10.4. The second-order valence-electron chi connectivity index (χ2n) is 3.92. The first-order valence-electron chi connectivity index (χ1n) is 5.53. The van der Waals surface area contributed by atoms with Crippen LogP contribution in [0.25, 0.3) is 0 Å². The molecule has 0 amide bonds. The first-order chi connectivity index (χ1) is 9.88. The molecule has 0 heterocycles. The molecule has 5 nitrogen and oxygen atoms in total. The van der Waals surface area contributed by atoms with Gasteiger partial charge < -0.3 is 5.11 Å². The summed E-state index contributed by atoms with van der Waals surface area (Å²) in [5.41, 5.74) is -0.0142. The van der Waals surface area contributed by atoms with E-state index in [1.165, 1.54) is 24.3 Å². The van der Waals surface area contributed by atoms with Crippen LogP contribution in [0.4, 0.5) is 5.69 Å². The van der Waals surface area contributed by atoms with E-state index in [-0.39, 0.29) is 21.3 Å². The van der Waals surface area contributed by atoms with Crippen molar-refractivity contribution in [2.75, 3.05) is 0 Å². The molecule has 108 valence electrons. The Hall–Kier alpha value is -1.76. The van der Waals surface area contributed by atoms with Crippen molar-refractivity contribution in [3.63, 3.8) is 0 Å². The Labute approximate surface area is 133 Å². The van der Waals surface area contributed by atoms with E-state index in [4.69, 9.17) is 28.3 Å². The molecular weight excluding hydrogens is 337 g/mol. The van der Waals surface area contributed by atoms with E-state index in [1.807, 2.05) is 0 Å². The van der Waals surface area contributed by atoms with Crippen LogP contribution in [0.15, 0.2) is 46.2 Å². The third kappa shape index (κ3) is 3.66. The standard InChI is InChI=1S/C13H7Cl2NO4S/c14-9-5-11(16(19)20)12(6-10(9)15)21-8-3-1-7(2-4-8)13(17)18/h1-6H,(H,17,18). The molecule has 0 fully saturated rings. The molecule has 0 spiro atoms. The zero-order valence-electron chi connectivity index (χ0n) is 10.2. The summed E-state index contributed by atoms with van der Waals surface area (Å²) < 4.78 is 0. The van der Waals surface area contributed by atoms with Crippen molar-refractivity contribution >= 4 is 46.6 Å². The molecule has 0 aliphatic rings. The molecule has 2 aromatic rings. The van der Waals surface area contributed by atoms with Gasteiger partial charge in [0.1, 0.15) is 0 Å². The lowest BCUT2D eigenvalue weighted by Gasteiger charge is -2.05. The number of carboxylic acid groups (broad SMARTS) is 1. The Morgan fingerprint density at radius 3 is 2.24 bits per heavy atom. The van der Waals surface area contributed by atoms with Crippen molar-refractivity contribution in [2.24, 2.45) is 0 Å². The van der Waals surface area contributed by atoms with Gasteiger partial charge in [-0.1, -0.05) is 35.0 Å². The lowest BCUT2D eigenvalue weighted by molar-refractivity contribution is -0.387. The fourth-order valence-corrected chi connectivity index (χ4v) is 2.86. The summed E-state index contributed by atoms with van der Waals surface area (Å²) in [7, 11) is 0. The van der Waals surface area contributed by atoms with E-state index >= 15 is 0 Å². The molecule has 0 saturated carbocycles. The number of hydrogen-bond donors (Lipinski definition) is 1. The van der Waals surface area contributed by atoms with Gasteiger partial charge in [0.15, 0.2) is 0 Å². The third-order valence-electron chi connectivity index (χ3n) is 2.53. The molecular formula is C13H7Cl2NO4S. The molecule has 1 N–H and O–H groups in total. The molecule has 2 aromatic carbocycles. The minimum Gasteiger partial charge on any atom is -0.478 e.